The van der Waals surface area contributed by atoms with Gasteiger partial charge in [0.2, 0.25) is 0 Å². The number of aliphatic imine (C=N–C) groups is 1. The molecular formula is C17H24IN3OS. The van der Waals surface area contributed by atoms with Gasteiger partial charge in [-0.1, -0.05) is 31.2 Å². The summed E-state index contributed by atoms with van der Waals surface area (Å²) in [5.41, 5.74) is 1.20. The maximum Gasteiger partial charge on any atom is 0.191 e. The van der Waals surface area contributed by atoms with Crippen LogP contribution in [-0.2, 0) is 6.54 Å². The molecule has 0 aliphatic rings. The predicted molar refractivity (Wildman–Crippen MR) is 109 cm³/mol. The fourth-order valence-electron chi connectivity index (χ4n) is 2.24. The van der Waals surface area contributed by atoms with Gasteiger partial charge in [-0.2, -0.15) is 0 Å². The van der Waals surface area contributed by atoms with Gasteiger partial charge in [0.25, 0.3) is 0 Å². The van der Waals surface area contributed by atoms with Gasteiger partial charge in [0.1, 0.15) is 5.75 Å². The van der Waals surface area contributed by atoms with E-state index in [0.717, 1.165) is 24.8 Å². The second-order valence-corrected chi connectivity index (χ2v) is 6.06. The largest absolute Gasteiger partial charge is 0.496 e. The van der Waals surface area contributed by atoms with E-state index in [1.54, 1.807) is 25.5 Å². The van der Waals surface area contributed by atoms with E-state index >= 15 is 0 Å². The first-order chi connectivity index (χ1) is 10.7. The van der Waals surface area contributed by atoms with Crippen molar-refractivity contribution in [1.29, 1.82) is 0 Å². The van der Waals surface area contributed by atoms with Crippen molar-refractivity contribution in [2.24, 2.45) is 4.99 Å². The Balaban J connectivity index is 0.00000264. The first-order valence-corrected chi connectivity index (χ1v) is 8.22. The van der Waals surface area contributed by atoms with Crippen molar-refractivity contribution in [2.75, 3.05) is 20.7 Å². The van der Waals surface area contributed by atoms with E-state index in [9.17, 15) is 0 Å². The molecular weight excluding hydrogens is 421 g/mol. The van der Waals surface area contributed by atoms with Crippen LogP contribution in [0.5, 0.6) is 5.75 Å². The van der Waals surface area contributed by atoms with Gasteiger partial charge in [0.15, 0.2) is 5.96 Å². The fourth-order valence-corrected chi connectivity index (χ4v) is 2.88. The Morgan fingerprint density at radius 1 is 1.22 bits per heavy atom. The maximum absolute atomic E-state index is 5.42. The molecule has 4 nitrogen and oxygen atoms in total. The van der Waals surface area contributed by atoms with Gasteiger partial charge in [-0.15, -0.1) is 35.3 Å². The zero-order chi connectivity index (χ0) is 15.8. The summed E-state index contributed by atoms with van der Waals surface area (Å²) >= 11 is 1.74. The van der Waals surface area contributed by atoms with Gasteiger partial charge < -0.3 is 15.4 Å². The lowest BCUT2D eigenvalue weighted by molar-refractivity contribution is 0.406. The van der Waals surface area contributed by atoms with Crippen molar-refractivity contribution in [3.8, 4) is 5.75 Å². The summed E-state index contributed by atoms with van der Waals surface area (Å²) in [5.74, 6) is 2.07. The minimum atomic E-state index is 0. The number of nitrogens with zero attached hydrogens (tertiary/aromatic N) is 1. The number of ether oxygens (including phenoxy) is 1. The molecule has 2 rings (SSSR count). The maximum atomic E-state index is 5.42. The molecule has 23 heavy (non-hydrogen) atoms. The van der Waals surface area contributed by atoms with Gasteiger partial charge in [-0.3, -0.25) is 4.99 Å². The van der Waals surface area contributed by atoms with Crippen LogP contribution in [0.3, 0.4) is 0 Å². The summed E-state index contributed by atoms with van der Waals surface area (Å²) in [6.07, 6.45) is 0. The van der Waals surface area contributed by atoms with Crippen molar-refractivity contribution in [1.82, 2.24) is 10.6 Å². The molecule has 0 aliphatic heterocycles. The second-order valence-electron chi connectivity index (χ2n) is 5.03. The monoisotopic (exact) mass is 445 g/mol. The molecule has 2 N–H and O–H groups in total. The Hall–Kier alpha value is -1.28. The highest BCUT2D eigenvalue weighted by Crippen LogP contribution is 2.25. The number of benzene rings is 1. The number of methoxy groups -OCH3 is 1. The van der Waals surface area contributed by atoms with E-state index in [1.165, 1.54) is 10.4 Å². The Kier molecular flexibility index (Phi) is 9.01. The molecule has 0 aliphatic carbocycles. The number of hydrogen-bond acceptors (Lipinski definition) is 3. The van der Waals surface area contributed by atoms with E-state index in [1.807, 2.05) is 18.2 Å². The molecule has 0 spiro atoms. The van der Waals surface area contributed by atoms with Crippen molar-refractivity contribution >= 4 is 41.3 Å². The first kappa shape index (κ1) is 19.8. The van der Waals surface area contributed by atoms with Crippen LogP contribution in [0.2, 0.25) is 0 Å². The molecule has 0 amide bonds. The summed E-state index contributed by atoms with van der Waals surface area (Å²) in [4.78, 5) is 5.56. The van der Waals surface area contributed by atoms with Crippen LogP contribution < -0.4 is 15.4 Å². The van der Waals surface area contributed by atoms with E-state index in [-0.39, 0.29) is 24.0 Å². The normalized spacial score (nSPS) is 12.2. The quantitative estimate of drug-likeness (QED) is 0.404. The number of halogens is 1. The average Bonchev–Trinajstić information content (AvgIpc) is 3.08. The number of hydrogen-bond donors (Lipinski definition) is 2. The van der Waals surface area contributed by atoms with Gasteiger partial charge in [0.05, 0.1) is 13.7 Å². The van der Waals surface area contributed by atoms with Crippen LogP contribution in [0.15, 0.2) is 46.8 Å². The molecule has 0 saturated heterocycles. The third-order valence-corrected chi connectivity index (χ3v) is 4.36. The van der Waals surface area contributed by atoms with Gasteiger partial charge in [-0.25, -0.2) is 0 Å². The average molecular weight is 445 g/mol. The van der Waals surface area contributed by atoms with Crippen LogP contribution in [0.4, 0.5) is 0 Å². The minimum Gasteiger partial charge on any atom is -0.496 e. The predicted octanol–water partition coefficient (Wildman–Crippen LogP) is 3.84. The SMILES string of the molecule is CN=C(NCc1cccs1)NCC(C)c1ccccc1OC.I. The number of nitrogens with one attached hydrogen (secondary N) is 2. The summed E-state index contributed by atoms with van der Waals surface area (Å²) in [7, 11) is 3.50. The van der Waals surface area contributed by atoms with Crippen molar-refractivity contribution in [3.05, 3.63) is 52.2 Å². The molecule has 1 atom stereocenters. The Bertz CT molecular complexity index is 602. The van der Waals surface area contributed by atoms with Crippen LogP contribution in [0, 0.1) is 0 Å². The minimum absolute atomic E-state index is 0. The van der Waals surface area contributed by atoms with Gasteiger partial charge in [-0.05, 0) is 23.1 Å². The zero-order valence-electron chi connectivity index (χ0n) is 13.7. The molecule has 0 saturated carbocycles. The molecule has 6 heteroatoms. The lowest BCUT2D eigenvalue weighted by Gasteiger charge is -2.18. The lowest BCUT2D eigenvalue weighted by Crippen LogP contribution is -2.38. The summed E-state index contributed by atoms with van der Waals surface area (Å²) < 4.78 is 5.42. The third-order valence-electron chi connectivity index (χ3n) is 3.48. The molecule has 126 valence electrons. The fraction of sp³-hybridized carbons (Fsp3) is 0.353. The number of para-hydroxylation sites is 1. The highest BCUT2D eigenvalue weighted by Gasteiger charge is 2.11. The molecule has 0 fully saturated rings. The first-order valence-electron chi connectivity index (χ1n) is 7.34. The molecule has 0 radical (unpaired) electrons. The Morgan fingerprint density at radius 3 is 2.65 bits per heavy atom. The van der Waals surface area contributed by atoms with Gasteiger partial charge >= 0.3 is 0 Å². The topological polar surface area (TPSA) is 45.7 Å². The molecule has 1 heterocycles. The van der Waals surface area contributed by atoms with Crippen molar-refractivity contribution in [3.63, 3.8) is 0 Å². The molecule has 1 aromatic heterocycles. The molecule has 2 aromatic rings. The van der Waals surface area contributed by atoms with E-state index in [0.29, 0.717) is 5.92 Å². The zero-order valence-corrected chi connectivity index (χ0v) is 16.9. The van der Waals surface area contributed by atoms with E-state index in [2.05, 4.69) is 46.1 Å². The molecule has 1 unspecified atom stereocenters. The smallest absolute Gasteiger partial charge is 0.191 e. The van der Waals surface area contributed by atoms with E-state index in [4.69, 9.17) is 4.74 Å². The summed E-state index contributed by atoms with van der Waals surface area (Å²) in [5, 5.41) is 8.77. The number of rotatable bonds is 6. The summed E-state index contributed by atoms with van der Waals surface area (Å²) in [6.45, 7) is 3.77. The molecule has 0 bridgehead atoms. The Morgan fingerprint density at radius 2 is 2.00 bits per heavy atom. The molecule has 1 aromatic carbocycles. The van der Waals surface area contributed by atoms with Crippen molar-refractivity contribution < 1.29 is 4.74 Å². The van der Waals surface area contributed by atoms with Crippen molar-refractivity contribution in [2.45, 2.75) is 19.4 Å². The number of thiophene rings is 1. The standard InChI is InChI=1S/C17H23N3OS.HI/c1-13(15-8-4-5-9-16(15)21-3)11-19-17(18-2)20-12-14-7-6-10-22-14;/h4-10,13H,11-12H2,1-3H3,(H2,18,19,20);1H. The van der Waals surface area contributed by atoms with Gasteiger partial charge in [0, 0.05) is 24.4 Å². The second kappa shape index (κ2) is 10.5. The lowest BCUT2D eigenvalue weighted by atomic mass is 10.0. The van der Waals surface area contributed by atoms with Crippen LogP contribution in [-0.4, -0.2) is 26.7 Å². The highest BCUT2D eigenvalue weighted by molar-refractivity contribution is 14.0. The third kappa shape index (κ3) is 6.02. The summed E-state index contributed by atoms with van der Waals surface area (Å²) in [6, 6.07) is 12.3. The van der Waals surface area contributed by atoms with Crippen LogP contribution >= 0.6 is 35.3 Å². The van der Waals surface area contributed by atoms with E-state index < -0.39 is 0 Å². The highest BCUT2D eigenvalue weighted by atomic mass is 127. The van der Waals surface area contributed by atoms with Crippen LogP contribution in [0.1, 0.15) is 23.3 Å². The number of guanidine groups is 1. The Labute approximate surface area is 159 Å². The van der Waals surface area contributed by atoms with Crippen LogP contribution in [0.25, 0.3) is 0 Å².